The molecule has 2 N–H and O–H groups in total. The fraction of sp³-hybridized carbons (Fsp3) is 0.176. The molecule has 0 atom stereocenters. The van der Waals surface area contributed by atoms with Crippen molar-refractivity contribution < 1.29 is 22.4 Å². The minimum atomic E-state index is -4.08. The van der Waals surface area contributed by atoms with Gasteiger partial charge in [-0.2, -0.15) is 0 Å². The summed E-state index contributed by atoms with van der Waals surface area (Å²) in [6.07, 6.45) is 0. The molecular weight excluding hydrogens is 347 g/mol. The summed E-state index contributed by atoms with van der Waals surface area (Å²) in [5.74, 6) is -2.17. The topological polar surface area (TPSA) is 92.3 Å². The minimum Gasteiger partial charge on any atom is -0.324 e. The molecule has 2 amide bonds. The predicted molar refractivity (Wildman–Crippen MR) is 91.3 cm³/mol. The van der Waals surface area contributed by atoms with E-state index >= 15 is 0 Å². The molecule has 0 aliphatic heterocycles. The first-order valence-corrected chi connectivity index (χ1v) is 8.80. The van der Waals surface area contributed by atoms with E-state index in [0.29, 0.717) is 5.56 Å². The van der Waals surface area contributed by atoms with E-state index in [1.165, 1.54) is 13.0 Å². The van der Waals surface area contributed by atoms with Gasteiger partial charge in [0.2, 0.25) is 5.91 Å². The second kappa shape index (κ2) is 7.02. The quantitative estimate of drug-likeness (QED) is 0.872. The molecule has 2 rings (SSSR count). The Kier molecular flexibility index (Phi) is 5.22. The first-order valence-electron chi connectivity index (χ1n) is 7.31. The molecule has 0 unspecified atom stereocenters. The van der Waals surface area contributed by atoms with Crippen LogP contribution in [0.4, 0.5) is 10.1 Å². The van der Waals surface area contributed by atoms with Crippen LogP contribution in [-0.4, -0.2) is 20.2 Å². The third-order valence-electron chi connectivity index (χ3n) is 3.39. The summed E-state index contributed by atoms with van der Waals surface area (Å²) in [5.41, 5.74) is 1.09. The van der Waals surface area contributed by atoms with Gasteiger partial charge in [0.1, 0.15) is 5.82 Å². The van der Waals surface area contributed by atoms with Crippen LogP contribution in [0, 0.1) is 19.7 Å². The molecule has 2 aromatic carbocycles. The first-order chi connectivity index (χ1) is 11.6. The van der Waals surface area contributed by atoms with Gasteiger partial charge in [-0.1, -0.05) is 17.7 Å². The van der Waals surface area contributed by atoms with Crippen LogP contribution in [0.1, 0.15) is 28.4 Å². The highest BCUT2D eigenvalue weighted by molar-refractivity contribution is 7.90. The molecule has 6 nitrogen and oxygen atoms in total. The standard InChI is InChI=1S/C17H17FN2O4S/c1-10-4-7-16(11(2)8-10)25(23,24)20-17(22)13-5-6-14(18)15(9-13)19-12(3)21/h4-9H,1-3H3,(H,19,21)(H,20,22). The van der Waals surface area contributed by atoms with E-state index in [4.69, 9.17) is 0 Å². The van der Waals surface area contributed by atoms with E-state index in [2.05, 4.69) is 5.32 Å². The van der Waals surface area contributed by atoms with Gasteiger partial charge in [0.25, 0.3) is 15.9 Å². The number of rotatable bonds is 4. The van der Waals surface area contributed by atoms with Gasteiger partial charge in [0.15, 0.2) is 0 Å². The van der Waals surface area contributed by atoms with E-state index in [1.807, 2.05) is 11.6 Å². The Morgan fingerprint density at radius 1 is 1.04 bits per heavy atom. The highest BCUT2D eigenvalue weighted by atomic mass is 32.2. The molecule has 8 heteroatoms. The van der Waals surface area contributed by atoms with Crippen molar-refractivity contribution in [2.75, 3.05) is 5.32 Å². The molecule has 25 heavy (non-hydrogen) atoms. The number of benzene rings is 2. The van der Waals surface area contributed by atoms with Crippen LogP contribution in [0.15, 0.2) is 41.3 Å². The summed E-state index contributed by atoms with van der Waals surface area (Å²) in [6.45, 7) is 4.64. The fourth-order valence-corrected chi connectivity index (χ4v) is 3.49. The van der Waals surface area contributed by atoms with Gasteiger partial charge in [-0.3, -0.25) is 9.59 Å². The number of sulfonamides is 1. The Morgan fingerprint density at radius 2 is 1.72 bits per heavy atom. The molecule has 0 aromatic heterocycles. The number of hydrogen-bond donors (Lipinski definition) is 2. The summed E-state index contributed by atoms with van der Waals surface area (Å²) in [5, 5.41) is 2.23. The summed E-state index contributed by atoms with van der Waals surface area (Å²) >= 11 is 0. The summed E-state index contributed by atoms with van der Waals surface area (Å²) in [6, 6.07) is 7.90. The number of amides is 2. The highest BCUT2D eigenvalue weighted by Gasteiger charge is 2.21. The van der Waals surface area contributed by atoms with Crippen molar-refractivity contribution in [2.45, 2.75) is 25.7 Å². The normalized spacial score (nSPS) is 11.0. The maximum absolute atomic E-state index is 13.6. The van der Waals surface area contributed by atoms with Crippen LogP contribution in [0.3, 0.4) is 0 Å². The van der Waals surface area contributed by atoms with E-state index in [0.717, 1.165) is 23.8 Å². The largest absolute Gasteiger partial charge is 0.324 e. The van der Waals surface area contributed by atoms with Gasteiger partial charge in [-0.15, -0.1) is 0 Å². The third kappa shape index (κ3) is 4.42. The molecule has 0 aliphatic rings. The van der Waals surface area contributed by atoms with E-state index < -0.39 is 27.7 Å². The van der Waals surface area contributed by atoms with Crippen molar-refractivity contribution in [3.05, 3.63) is 58.9 Å². The number of aryl methyl sites for hydroxylation is 2. The molecule has 0 aliphatic carbocycles. The van der Waals surface area contributed by atoms with Crippen LogP contribution < -0.4 is 10.0 Å². The molecule has 0 radical (unpaired) electrons. The molecule has 2 aromatic rings. The number of nitrogens with one attached hydrogen (secondary N) is 2. The Hall–Kier alpha value is -2.74. The zero-order chi connectivity index (χ0) is 18.8. The highest BCUT2D eigenvalue weighted by Crippen LogP contribution is 2.19. The van der Waals surface area contributed by atoms with E-state index in [9.17, 15) is 22.4 Å². The van der Waals surface area contributed by atoms with Crippen LogP contribution in [0.2, 0.25) is 0 Å². The van der Waals surface area contributed by atoms with Crippen molar-refractivity contribution in [1.82, 2.24) is 4.72 Å². The summed E-state index contributed by atoms with van der Waals surface area (Å²) in [7, 11) is -4.08. The second-order valence-electron chi connectivity index (χ2n) is 5.58. The number of hydrogen-bond acceptors (Lipinski definition) is 4. The smallest absolute Gasteiger partial charge is 0.265 e. The molecule has 0 saturated heterocycles. The second-order valence-corrected chi connectivity index (χ2v) is 7.23. The number of anilines is 1. The zero-order valence-electron chi connectivity index (χ0n) is 13.9. The lowest BCUT2D eigenvalue weighted by Gasteiger charge is -2.11. The van der Waals surface area contributed by atoms with Crippen molar-refractivity contribution in [1.29, 1.82) is 0 Å². The van der Waals surface area contributed by atoms with Gasteiger partial charge in [-0.25, -0.2) is 17.5 Å². The molecular formula is C17H17FN2O4S. The number of halogens is 1. The van der Waals surface area contributed by atoms with Gasteiger partial charge >= 0.3 is 0 Å². The van der Waals surface area contributed by atoms with E-state index in [1.54, 1.807) is 19.1 Å². The first kappa shape index (κ1) is 18.6. The third-order valence-corrected chi connectivity index (χ3v) is 4.88. The Balaban J connectivity index is 2.31. The molecule has 132 valence electrons. The van der Waals surface area contributed by atoms with Gasteiger partial charge in [0.05, 0.1) is 10.6 Å². The summed E-state index contributed by atoms with van der Waals surface area (Å²) < 4.78 is 40.4. The predicted octanol–water partition coefficient (Wildman–Crippen LogP) is 2.52. The summed E-state index contributed by atoms with van der Waals surface area (Å²) in [4.78, 5) is 23.3. The molecule has 0 heterocycles. The maximum Gasteiger partial charge on any atom is 0.265 e. The zero-order valence-corrected chi connectivity index (χ0v) is 14.7. The minimum absolute atomic E-state index is 0.0179. The Morgan fingerprint density at radius 3 is 2.32 bits per heavy atom. The number of carbonyl (C=O) groups excluding carboxylic acids is 2. The molecule has 0 bridgehead atoms. The van der Waals surface area contributed by atoms with Gasteiger partial charge in [-0.05, 0) is 43.7 Å². The van der Waals surface area contributed by atoms with Crippen LogP contribution in [-0.2, 0) is 14.8 Å². The van der Waals surface area contributed by atoms with Crippen LogP contribution >= 0.6 is 0 Å². The Bertz CT molecular complexity index is 955. The molecule has 0 fully saturated rings. The van der Waals surface area contributed by atoms with Crippen LogP contribution in [0.25, 0.3) is 0 Å². The lowest BCUT2D eigenvalue weighted by Crippen LogP contribution is -2.31. The Labute approximate surface area is 145 Å². The van der Waals surface area contributed by atoms with Crippen molar-refractivity contribution in [3.8, 4) is 0 Å². The fourth-order valence-electron chi connectivity index (χ4n) is 2.29. The van der Waals surface area contributed by atoms with Crippen LogP contribution in [0.5, 0.6) is 0 Å². The average molecular weight is 364 g/mol. The SMILES string of the molecule is CC(=O)Nc1cc(C(=O)NS(=O)(=O)c2ccc(C)cc2C)ccc1F. The van der Waals surface area contributed by atoms with Crippen molar-refractivity contribution in [2.24, 2.45) is 0 Å². The maximum atomic E-state index is 13.6. The molecule has 0 spiro atoms. The van der Waals surface area contributed by atoms with Gasteiger partial charge in [0, 0.05) is 12.5 Å². The average Bonchev–Trinajstić information content (AvgIpc) is 2.48. The lowest BCUT2D eigenvalue weighted by molar-refractivity contribution is -0.114. The molecule has 0 saturated carbocycles. The lowest BCUT2D eigenvalue weighted by atomic mass is 10.2. The van der Waals surface area contributed by atoms with Crippen molar-refractivity contribution in [3.63, 3.8) is 0 Å². The number of carbonyl (C=O) groups is 2. The van der Waals surface area contributed by atoms with Gasteiger partial charge < -0.3 is 5.32 Å². The van der Waals surface area contributed by atoms with E-state index in [-0.39, 0.29) is 16.1 Å². The monoisotopic (exact) mass is 364 g/mol. The van der Waals surface area contributed by atoms with Crippen molar-refractivity contribution >= 4 is 27.5 Å².